The van der Waals surface area contributed by atoms with Gasteiger partial charge >= 0.3 is 5.97 Å². The minimum Gasteiger partial charge on any atom is -0.506 e. The van der Waals surface area contributed by atoms with Crippen molar-refractivity contribution >= 4 is 16.9 Å². The Hall–Kier alpha value is -2.36. The van der Waals surface area contributed by atoms with Gasteiger partial charge in [-0.3, -0.25) is 4.98 Å². The van der Waals surface area contributed by atoms with Crippen molar-refractivity contribution in [3.05, 3.63) is 48.2 Å². The molecule has 1 aromatic carbocycles. The number of phenols is 1. The lowest BCUT2D eigenvalue weighted by Gasteiger charge is -2.07. The van der Waals surface area contributed by atoms with Crippen LogP contribution in [-0.4, -0.2) is 16.1 Å². The zero-order valence-corrected chi connectivity index (χ0v) is 9.96. The fraction of sp³-hybridized carbons (Fsp3) is 0.143. The molecule has 0 saturated heterocycles. The first-order chi connectivity index (χ1) is 8.72. The van der Waals surface area contributed by atoms with Crippen molar-refractivity contribution in [2.24, 2.45) is 0 Å². The van der Waals surface area contributed by atoms with E-state index in [1.54, 1.807) is 37.4 Å². The van der Waals surface area contributed by atoms with E-state index in [1.165, 1.54) is 6.08 Å². The molecule has 0 fully saturated rings. The van der Waals surface area contributed by atoms with Gasteiger partial charge in [0.2, 0.25) is 0 Å². The van der Waals surface area contributed by atoms with Gasteiger partial charge in [0, 0.05) is 17.7 Å². The zero-order valence-electron chi connectivity index (χ0n) is 9.96. The van der Waals surface area contributed by atoms with E-state index in [-0.39, 0.29) is 18.3 Å². The number of carbonyl (C=O) groups excluding carboxylic acids is 1. The first-order valence-corrected chi connectivity index (χ1v) is 5.57. The maximum atomic E-state index is 11.2. The third-order valence-corrected chi connectivity index (χ3v) is 2.51. The van der Waals surface area contributed by atoms with Gasteiger partial charge in [0.05, 0.1) is 0 Å². The Morgan fingerprint density at radius 1 is 1.44 bits per heavy atom. The molecule has 92 valence electrons. The molecule has 2 aromatic rings. The van der Waals surface area contributed by atoms with Crippen LogP contribution in [0.2, 0.25) is 0 Å². The summed E-state index contributed by atoms with van der Waals surface area (Å²) < 4.78 is 5.08. The molecule has 0 amide bonds. The SMILES string of the molecule is CC=CC(=O)OCc1ccc(O)c2ncccc12. The summed E-state index contributed by atoms with van der Waals surface area (Å²) in [5, 5.41) is 10.5. The Balaban J connectivity index is 2.29. The normalized spacial score (nSPS) is 10.9. The van der Waals surface area contributed by atoms with E-state index in [1.807, 2.05) is 6.07 Å². The van der Waals surface area contributed by atoms with E-state index in [0.717, 1.165) is 10.9 Å². The molecule has 0 radical (unpaired) electrons. The van der Waals surface area contributed by atoms with Crippen LogP contribution in [0.5, 0.6) is 5.75 Å². The molecule has 18 heavy (non-hydrogen) atoms. The Morgan fingerprint density at radius 3 is 3.06 bits per heavy atom. The average molecular weight is 243 g/mol. The first kappa shape index (κ1) is 12.1. The van der Waals surface area contributed by atoms with Crippen molar-refractivity contribution in [2.45, 2.75) is 13.5 Å². The number of nitrogens with zero attached hydrogens (tertiary/aromatic N) is 1. The van der Waals surface area contributed by atoms with Crippen LogP contribution < -0.4 is 0 Å². The maximum Gasteiger partial charge on any atom is 0.330 e. The van der Waals surface area contributed by atoms with Gasteiger partial charge in [-0.1, -0.05) is 18.2 Å². The predicted octanol–water partition coefficient (Wildman–Crippen LogP) is 2.56. The largest absolute Gasteiger partial charge is 0.506 e. The van der Waals surface area contributed by atoms with Gasteiger partial charge in [-0.15, -0.1) is 0 Å². The zero-order chi connectivity index (χ0) is 13.0. The lowest BCUT2D eigenvalue weighted by atomic mass is 10.1. The molecule has 1 aromatic heterocycles. The Labute approximate surface area is 105 Å². The maximum absolute atomic E-state index is 11.2. The second-order valence-electron chi connectivity index (χ2n) is 3.75. The molecule has 2 rings (SSSR count). The molecule has 0 aliphatic rings. The summed E-state index contributed by atoms with van der Waals surface area (Å²) in [6.45, 7) is 1.91. The summed E-state index contributed by atoms with van der Waals surface area (Å²) in [7, 11) is 0. The van der Waals surface area contributed by atoms with Crippen LogP contribution in [0, 0.1) is 0 Å². The van der Waals surface area contributed by atoms with Crippen molar-refractivity contribution in [3.63, 3.8) is 0 Å². The predicted molar refractivity (Wildman–Crippen MR) is 68.0 cm³/mol. The second-order valence-corrected chi connectivity index (χ2v) is 3.75. The summed E-state index contributed by atoms with van der Waals surface area (Å²) in [4.78, 5) is 15.3. The molecule has 1 heterocycles. The van der Waals surface area contributed by atoms with E-state index in [2.05, 4.69) is 4.98 Å². The lowest BCUT2D eigenvalue weighted by Crippen LogP contribution is -2.01. The number of aromatic nitrogens is 1. The highest BCUT2D eigenvalue weighted by molar-refractivity contribution is 5.87. The molecule has 1 N–H and O–H groups in total. The minimum atomic E-state index is -0.386. The van der Waals surface area contributed by atoms with Crippen LogP contribution in [0.3, 0.4) is 0 Å². The number of fused-ring (bicyclic) bond motifs is 1. The number of rotatable bonds is 3. The summed E-state index contributed by atoms with van der Waals surface area (Å²) in [5.41, 5.74) is 1.32. The number of phenolic OH excluding ortho intramolecular Hbond substituents is 1. The summed E-state index contributed by atoms with van der Waals surface area (Å²) >= 11 is 0. The van der Waals surface area contributed by atoms with Crippen LogP contribution in [0.25, 0.3) is 10.9 Å². The summed E-state index contributed by atoms with van der Waals surface area (Å²) in [6.07, 6.45) is 4.59. The monoisotopic (exact) mass is 243 g/mol. The summed E-state index contributed by atoms with van der Waals surface area (Å²) in [5.74, 6) is -0.267. The highest BCUT2D eigenvalue weighted by atomic mass is 16.5. The van der Waals surface area contributed by atoms with Crippen LogP contribution in [0.4, 0.5) is 0 Å². The Bertz CT molecular complexity index is 605. The number of hydrogen-bond acceptors (Lipinski definition) is 4. The van der Waals surface area contributed by atoms with Crippen LogP contribution in [0.1, 0.15) is 12.5 Å². The molecule has 0 aliphatic carbocycles. The molecule has 0 spiro atoms. The van der Waals surface area contributed by atoms with Crippen LogP contribution >= 0.6 is 0 Å². The third-order valence-electron chi connectivity index (χ3n) is 2.51. The van der Waals surface area contributed by atoms with Gasteiger partial charge in [-0.05, 0) is 24.6 Å². The van der Waals surface area contributed by atoms with Gasteiger partial charge in [0.15, 0.2) is 0 Å². The molecule has 0 atom stereocenters. The number of ether oxygens (including phenoxy) is 1. The van der Waals surface area contributed by atoms with Gasteiger partial charge in [-0.25, -0.2) is 4.79 Å². The van der Waals surface area contributed by atoms with E-state index >= 15 is 0 Å². The molecule has 4 heteroatoms. The number of allylic oxidation sites excluding steroid dienone is 1. The quantitative estimate of drug-likeness (QED) is 0.664. The Kier molecular flexibility index (Phi) is 3.57. The second kappa shape index (κ2) is 5.31. The minimum absolute atomic E-state index is 0.120. The molecular weight excluding hydrogens is 230 g/mol. The van der Waals surface area contributed by atoms with Crippen molar-refractivity contribution in [2.75, 3.05) is 0 Å². The number of benzene rings is 1. The molecule has 0 saturated carbocycles. The van der Waals surface area contributed by atoms with Gasteiger partial charge in [-0.2, -0.15) is 0 Å². The van der Waals surface area contributed by atoms with Gasteiger partial charge < -0.3 is 9.84 Å². The van der Waals surface area contributed by atoms with Crippen molar-refractivity contribution in [3.8, 4) is 5.75 Å². The van der Waals surface area contributed by atoms with Gasteiger partial charge in [0.1, 0.15) is 17.9 Å². The molecular formula is C14H13NO3. The van der Waals surface area contributed by atoms with Crippen LogP contribution in [-0.2, 0) is 16.1 Å². The van der Waals surface area contributed by atoms with Crippen LogP contribution in [0.15, 0.2) is 42.6 Å². The van der Waals surface area contributed by atoms with E-state index in [0.29, 0.717) is 5.52 Å². The van der Waals surface area contributed by atoms with Gasteiger partial charge in [0.25, 0.3) is 0 Å². The molecule has 4 nitrogen and oxygen atoms in total. The van der Waals surface area contributed by atoms with Crippen molar-refractivity contribution < 1.29 is 14.6 Å². The topological polar surface area (TPSA) is 59.4 Å². The van der Waals surface area contributed by atoms with Crippen molar-refractivity contribution in [1.82, 2.24) is 4.98 Å². The lowest BCUT2D eigenvalue weighted by molar-refractivity contribution is -0.138. The highest BCUT2D eigenvalue weighted by Crippen LogP contribution is 2.25. The van der Waals surface area contributed by atoms with E-state index in [4.69, 9.17) is 4.74 Å². The standard InChI is InChI=1S/C14H13NO3/c1-2-4-13(17)18-9-10-6-7-12(16)14-11(10)5-3-8-15-14/h2-8,16H,9H2,1H3. The highest BCUT2D eigenvalue weighted by Gasteiger charge is 2.07. The fourth-order valence-corrected chi connectivity index (χ4v) is 1.68. The van der Waals surface area contributed by atoms with E-state index < -0.39 is 0 Å². The number of pyridine rings is 1. The number of aromatic hydroxyl groups is 1. The average Bonchev–Trinajstić information content (AvgIpc) is 2.39. The van der Waals surface area contributed by atoms with E-state index in [9.17, 15) is 9.90 Å². The van der Waals surface area contributed by atoms with Crippen molar-refractivity contribution in [1.29, 1.82) is 0 Å². The smallest absolute Gasteiger partial charge is 0.330 e. The fourth-order valence-electron chi connectivity index (χ4n) is 1.68. The first-order valence-electron chi connectivity index (χ1n) is 5.57. The Morgan fingerprint density at radius 2 is 2.28 bits per heavy atom. The molecule has 0 aliphatic heterocycles. The summed E-state index contributed by atoms with van der Waals surface area (Å²) in [6, 6.07) is 6.89. The molecule has 0 bridgehead atoms. The number of esters is 1. The third kappa shape index (κ3) is 2.48. The number of carbonyl (C=O) groups is 1. The molecule has 0 unspecified atom stereocenters. The number of hydrogen-bond donors (Lipinski definition) is 1.